The number of thioether (sulfide) groups is 1. The highest BCUT2D eigenvalue weighted by atomic mass is 32.2. The smallest absolute Gasteiger partial charge is 0.387 e. The van der Waals surface area contributed by atoms with E-state index in [0.717, 1.165) is 11.8 Å². The number of alkyl halides is 3. The molecule has 90 valence electrons. The van der Waals surface area contributed by atoms with E-state index in [1.165, 1.54) is 10.9 Å². The third-order valence-electron chi connectivity index (χ3n) is 1.82. The lowest BCUT2D eigenvalue weighted by molar-refractivity contribution is -0.150. The van der Waals surface area contributed by atoms with Crippen LogP contribution in [0.3, 0.4) is 0 Å². The van der Waals surface area contributed by atoms with Gasteiger partial charge < -0.3 is 10.3 Å². The minimum absolute atomic E-state index is 0.357. The fourth-order valence-electron chi connectivity index (χ4n) is 0.922. The summed E-state index contributed by atoms with van der Waals surface area (Å²) in [7, 11) is 1.62. The minimum Gasteiger partial charge on any atom is -0.387 e. The molecule has 5 nitrogen and oxygen atoms in total. The molecule has 0 fully saturated rings. The van der Waals surface area contributed by atoms with Crippen molar-refractivity contribution in [1.29, 1.82) is 5.41 Å². The number of hydrogen-bond donors (Lipinski definition) is 2. The standard InChI is InChI=1S/C7H10F3N5S/c1-15-3-13-14-6(15)16-2-4(5(11)12)7(8,9)10/h3-4H,2H2,1H3,(H3,11,12). The molecular weight excluding hydrogens is 243 g/mol. The molecule has 0 saturated heterocycles. The number of aryl methyl sites for hydroxylation is 1. The average Bonchev–Trinajstić information content (AvgIpc) is 2.49. The van der Waals surface area contributed by atoms with E-state index < -0.39 is 17.9 Å². The monoisotopic (exact) mass is 253 g/mol. The van der Waals surface area contributed by atoms with Gasteiger partial charge in [0, 0.05) is 12.8 Å². The summed E-state index contributed by atoms with van der Waals surface area (Å²) in [5.74, 6) is -3.21. The summed E-state index contributed by atoms with van der Waals surface area (Å²) in [6.07, 6.45) is -3.11. The highest BCUT2D eigenvalue weighted by Gasteiger charge is 2.41. The lowest BCUT2D eigenvalue weighted by Gasteiger charge is -2.17. The molecule has 0 spiro atoms. The highest BCUT2D eigenvalue weighted by Crippen LogP contribution is 2.30. The van der Waals surface area contributed by atoms with Gasteiger partial charge in [-0.1, -0.05) is 11.8 Å². The van der Waals surface area contributed by atoms with Gasteiger partial charge in [-0.2, -0.15) is 13.2 Å². The van der Waals surface area contributed by atoms with Gasteiger partial charge in [-0.25, -0.2) is 0 Å². The van der Waals surface area contributed by atoms with Crippen molar-refractivity contribution in [2.45, 2.75) is 11.3 Å². The van der Waals surface area contributed by atoms with Crippen LogP contribution in [0.2, 0.25) is 0 Å². The average molecular weight is 253 g/mol. The molecule has 0 amide bonds. The minimum atomic E-state index is -4.50. The van der Waals surface area contributed by atoms with Crippen LogP contribution in [0.1, 0.15) is 0 Å². The van der Waals surface area contributed by atoms with Crippen LogP contribution in [0.15, 0.2) is 11.5 Å². The van der Waals surface area contributed by atoms with Crippen LogP contribution in [0.5, 0.6) is 0 Å². The van der Waals surface area contributed by atoms with Crippen LogP contribution in [-0.2, 0) is 7.05 Å². The number of amidine groups is 1. The molecule has 3 N–H and O–H groups in total. The molecular formula is C7H10F3N5S. The van der Waals surface area contributed by atoms with Crippen LogP contribution < -0.4 is 5.73 Å². The van der Waals surface area contributed by atoms with Crippen molar-refractivity contribution < 1.29 is 13.2 Å². The molecule has 16 heavy (non-hydrogen) atoms. The molecule has 1 unspecified atom stereocenters. The van der Waals surface area contributed by atoms with E-state index in [-0.39, 0.29) is 5.75 Å². The second kappa shape index (κ2) is 4.73. The SMILES string of the molecule is Cn1cnnc1SCC(C(=N)N)C(F)(F)F. The zero-order valence-corrected chi connectivity index (χ0v) is 9.14. The van der Waals surface area contributed by atoms with Crippen molar-refractivity contribution in [3.8, 4) is 0 Å². The second-order valence-electron chi connectivity index (χ2n) is 3.08. The predicted octanol–water partition coefficient (Wildman–Crippen LogP) is 1.02. The van der Waals surface area contributed by atoms with Crippen molar-refractivity contribution in [2.75, 3.05) is 5.75 Å². The Balaban J connectivity index is 2.65. The van der Waals surface area contributed by atoms with Gasteiger partial charge >= 0.3 is 6.18 Å². The van der Waals surface area contributed by atoms with Crippen LogP contribution >= 0.6 is 11.8 Å². The quantitative estimate of drug-likeness (QED) is 0.477. The van der Waals surface area contributed by atoms with Crippen molar-refractivity contribution in [3.63, 3.8) is 0 Å². The van der Waals surface area contributed by atoms with Gasteiger partial charge in [0.2, 0.25) is 0 Å². The molecule has 0 aliphatic rings. The van der Waals surface area contributed by atoms with E-state index in [0.29, 0.717) is 5.16 Å². The van der Waals surface area contributed by atoms with Gasteiger partial charge in [-0.05, 0) is 0 Å². The lowest BCUT2D eigenvalue weighted by Crippen LogP contribution is -2.37. The normalized spacial score (nSPS) is 13.8. The van der Waals surface area contributed by atoms with Crippen molar-refractivity contribution in [2.24, 2.45) is 18.7 Å². The number of rotatable bonds is 4. The van der Waals surface area contributed by atoms with Gasteiger partial charge in [0.1, 0.15) is 18.1 Å². The van der Waals surface area contributed by atoms with Crippen molar-refractivity contribution in [1.82, 2.24) is 14.8 Å². The largest absolute Gasteiger partial charge is 0.399 e. The summed E-state index contributed by atoms with van der Waals surface area (Å²) < 4.78 is 38.8. The Labute approximate surface area is 93.7 Å². The summed E-state index contributed by atoms with van der Waals surface area (Å²) in [5, 5.41) is 14.4. The first-order chi connectivity index (χ1) is 7.32. The Kier molecular flexibility index (Phi) is 3.79. The van der Waals surface area contributed by atoms with Gasteiger partial charge in [0.15, 0.2) is 5.16 Å². The zero-order valence-electron chi connectivity index (χ0n) is 8.32. The van der Waals surface area contributed by atoms with E-state index >= 15 is 0 Å². The Bertz CT molecular complexity index is 374. The van der Waals surface area contributed by atoms with Crippen LogP contribution in [-0.4, -0.2) is 32.5 Å². The molecule has 0 aliphatic carbocycles. The third-order valence-corrected chi connectivity index (χ3v) is 2.95. The van der Waals surface area contributed by atoms with E-state index in [1.807, 2.05) is 0 Å². The molecule has 1 heterocycles. The summed E-state index contributed by atoms with van der Waals surface area (Å²) in [5.41, 5.74) is 4.91. The van der Waals surface area contributed by atoms with Crippen molar-refractivity contribution >= 4 is 17.6 Å². The molecule has 0 saturated carbocycles. The Morgan fingerprint density at radius 3 is 2.69 bits per heavy atom. The topological polar surface area (TPSA) is 80.6 Å². The molecule has 9 heteroatoms. The van der Waals surface area contributed by atoms with Crippen LogP contribution in [0.4, 0.5) is 13.2 Å². The number of nitrogens with two attached hydrogens (primary N) is 1. The fraction of sp³-hybridized carbons (Fsp3) is 0.571. The first-order valence-corrected chi connectivity index (χ1v) is 5.18. The van der Waals surface area contributed by atoms with Crippen LogP contribution in [0, 0.1) is 11.3 Å². The number of nitrogens with one attached hydrogen (secondary N) is 1. The molecule has 0 radical (unpaired) electrons. The summed E-state index contributed by atoms with van der Waals surface area (Å²) >= 11 is 0.866. The summed E-state index contributed by atoms with van der Waals surface area (Å²) in [6.45, 7) is 0. The molecule has 0 aromatic carbocycles. The van der Waals surface area contributed by atoms with Gasteiger partial charge in [0.05, 0.1) is 0 Å². The number of hydrogen-bond acceptors (Lipinski definition) is 4. The fourth-order valence-corrected chi connectivity index (χ4v) is 1.96. The highest BCUT2D eigenvalue weighted by molar-refractivity contribution is 7.99. The van der Waals surface area contributed by atoms with E-state index in [4.69, 9.17) is 11.1 Å². The van der Waals surface area contributed by atoms with Gasteiger partial charge in [-0.15, -0.1) is 10.2 Å². The van der Waals surface area contributed by atoms with Crippen molar-refractivity contribution in [3.05, 3.63) is 6.33 Å². The zero-order chi connectivity index (χ0) is 12.3. The Morgan fingerprint density at radius 1 is 1.69 bits per heavy atom. The number of aromatic nitrogens is 3. The maximum atomic E-state index is 12.4. The lowest BCUT2D eigenvalue weighted by atomic mass is 10.1. The second-order valence-corrected chi connectivity index (χ2v) is 4.07. The maximum absolute atomic E-state index is 12.4. The molecule has 1 rings (SSSR count). The first kappa shape index (κ1) is 12.8. The molecule has 1 atom stereocenters. The van der Waals surface area contributed by atoms with Gasteiger partial charge in [-0.3, -0.25) is 5.41 Å². The van der Waals surface area contributed by atoms with Crippen LogP contribution in [0.25, 0.3) is 0 Å². The first-order valence-electron chi connectivity index (χ1n) is 4.19. The summed E-state index contributed by atoms with van der Waals surface area (Å²) in [4.78, 5) is 0. The Hall–Kier alpha value is -1.25. The third kappa shape index (κ3) is 3.12. The van der Waals surface area contributed by atoms with Gasteiger partial charge in [0.25, 0.3) is 0 Å². The van der Waals surface area contributed by atoms with E-state index in [1.54, 1.807) is 7.05 Å². The van der Waals surface area contributed by atoms with E-state index in [9.17, 15) is 13.2 Å². The van der Waals surface area contributed by atoms with E-state index in [2.05, 4.69) is 10.2 Å². The predicted molar refractivity (Wildman–Crippen MR) is 53.2 cm³/mol. The molecule has 0 aliphatic heterocycles. The molecule has 0 bridgehead atoms. The number of nitrogens with zero attached hydrogens (tertiary/aromatic N) is 3. The molecule has 1 aromatic heterocycles. The summed E-state index contributed by atoms with van der Waals surface area (Å²) in [6, 6.07) is 0. The Morgan fingerprint density at radius 2 is 2.31 bits per heavy atom. The maximum Gasteiger partial charge on any atom is 0.399 e. The molecule has 1 aromatic rings. The number of halogens is 3.